The third kappa shape index (κ3) is 3.76. The molecule has 2 N–H and O–H groups in total. The molecule has 1 saturated heterocycles. The van der Waals surface area contributed by atoms with Gasteiger partial charge in [0.05, 0.1) is 10.5 Å². The molecular weight excluding hydrogens is 324 g/mol. The highest BCUT2D eigenvalue weighted by molar-refractivity contribution is 6.28. The van der Waals surface area contributed by atoms with Gasteiger partial charge in [-0.15, -0.1) is 0 Å². The number of piperidine rings is 1. The van der Waals surface area contributed by atoms with Gasteiger partial charge in [-0.3, -0.25) is 19.7 Å². The zero-order valence-electron chi connectivity index (χ0n) is 14.3. The Hall–Kier alpha value is -2.54. The minimum Gasteiger partial charge on any atom is -0.480 e. The van der Waals surface area contributed by atoms with Gasteiger partial charge < -0.3 is 10.4 Å². The fourth-order valence-corrected chi connectivity index (χ4v) is 3.25. The summed E-state index contributed by atoms with van der Waals surface area (Å²) in [4.78, 5) is 35.6. The molecule has 0 radical (unpaired) electrons. The van der Waals surface area contributed by atoms with E-state index < -0.39 is 22.1 Å². The Morgan fingerprint density at radius 2 is 1.88 bits per heavy atom. The van der Waals surface area contributed by atoms with Gasteiger partial charge in [0.1, 0.15) is 5.41 Å². The fraction of sp³-hybridized carbons (Fsp3) is 0.444. The molecule has 0 saturated carbocycles. The normalized spacial score (nSPS) is 17.3. The minimum atomic E-state index is -1.63. The van der Waals surface area contributed by atoms with E-state index >= 15 is 0 Å². The largest absolute Gasteiger partial charge is 0.480 e. The predicted molar refractivity (Wildman–Crippen MR) is 92.7 cm³/mol. The van der Waals surface area contributed by atoms with Crippen LogP contribution in [0.3, 0.4) is 0 Å². The van der Waals surface area contributed by atoms with Crippen LogP contribution in [0, 0.1) is 15.5 Å². The molecule has 0 bridgehead atoms. The van der Waals surface area contributed by atoms with Crippen molar-refractivity contribution in [3.8, 4) is 0 Å². The summed E-state index contributed by atoms with van der Waals surface area (Å²) in [7, 11) is 0. The van der Waals surface area contributed by atoms with Crippen molar-refractivity contribution in [2.24, 2.45) is 5.41 Å². The third-order valence-corrected chi connectivity index (χ3v) is 4.65. The molecule has 1 heterocycles. The smallest absolute Gasteiger partial charge is 0.317 e. The van der Waals surface area contributed by atoms with Crippen LogP contribution in [0.25, 0.3) is 5.57 Å². The van der Waals surface area contributed by atoms with Crippen LogP contribution in [0.1, 0.15) is 43.7 Å². The van der Waals surface area contributed by atoms with Crippen LogP contribution < -0.4 is 5.32 Å². The summed E-state index contributed by atoms with van der Waals surface area (Å²) in [5.41, 5.74) is -0.563. The summed E-state index contributed by atoms with van der Waals surface area (Å²) in [6.07, 6.45) is 0.871. The van der Waals surface area contributed by atoms with Crippen LogP contribution in [0.4, 0.5) is 0 Å². The first-order chi connectivity index (χ1) is 11.8. The van der Waals surface area contributed by atoms with Crippen LogP contribution >= 0.6 is 0 Å². The average Bonchev–Trinajstić information content (AvgIpc) is 2.59. The number of nitrogens with zero attached hydrogens (tertiary/aromatic N) is 1. The van der Waals surface area contributed by atoms with Gasteiger partial charge in [0, 0.05) is 0 Å². The van der Waals surface area contributed by atoms with Crippen LogP contribution in [-0.4, -0.2) is 34.9 Å². The lowest BCUT2D eigenvalue weighted by Gasteiger charge is -2.32. The Balaban J connectivity index is 2.61. The number of hydrogen-bond acceptors (Lipinski definition) is 5. The Kier molecular flexibility index (Phi) is 5.69. The van der Waals surface area contributed by atoms with Crippen LogP contribution in [0.5, 0.6) is 0 Å². The molecule has 1 aromatic carbocycles. The molecule has 1 aliphatic rings. The van der Waals surface area contributed by atoms with E-state index in [1.807, 2.05) is 13.8 Å². The van der Waals surface area contributed by atoms with Gasteiger partial charge in [0.25, 0.3) is 0 Å². The number of carboxylic acid groups (broad SMARTS) is 1. The highest BCUT2D eigenvalue weighted by Crippen LogP contribution is 2.37. The van der Waals surface area contributed by atoms with Gasteiger partial charge in [-0.2, -0.15) is 0 Å². The van der Waals surface area contributed by atoms with E-state index in [0.29, 0.717) is 24.9 Å². The summed E-state index contributed by atoms with van der Waals surface area (Å²) in [6, 6.07) is 6.93. The van der Waals surface area contributed by atoms with Crippen molar-refractivity contribution in [1.82, 2.24) is 5.32 Å². The van der Waals surface area contributed by atoms with Crippen molar-refractivity contribution < 1.29 is 19.6 Å². The number of Topliss-reactive ketones (excluding diaryl/α,β-unsaturated/α-hetero) is 1. The van der Waals surface area contributed by atoms with Gasteiger partial charge in [-0.05, 0) is 43.0 Å². The first kappa shape index (κ1) is 18.8. The number of carbonyl (C=O) groups excluding carboxylic acids is 1. The maximum absolute atomic E-state index is 13.2. The molecule has 0 spiro atoms. The Labute approximate surface area is 145 Å². The van der Waals surface area contributed by atoms with Crippen LogP contribution in [-0.2, 0) is 9.59 Å². The number of nitrogens with one attached hydrogen (secondary N) is 1. The monoisotopic (exact) mass is 346 g/mol. The van der Waals surface area contributed by atoms with Crippen molar-refractivity contribution >= 4 is 17.3 Å². The number of benzene rings is 1. The number of nitro groups is 1. The van der Waals surface area contributed by atoms with Crippen LogP contribution in [0.15, 0.2) is 30.5 Å². The molecule has 2 rings (SSSR count). The van der Waals surface area contributed by atoms with Gasteiger partial charge in [-0.1, -0.05) is 38.1 Å². The molecule has 1 aromatic rings. The van der Waals surface area contributed by atoms with Crippen molar-refractivity contribution in [2.45, 2.75) is 32.6 Å². The molecule has 7 heteroatoms. The lowest BCUT2D eigenvalue weighted by molar-refractivity contribution is -0.401. The van der Waals surface area contributed by atoms with Crippen molar-refractivity contribution in [1.29, 1.82) is 0 Å². The van der Waals surface area contributed by atoms with E-state index in [9.17, 15) is 24.8 Å². The van der Waals surface area contributed by atoms with Gasteiger partial charge in [0.2, 0.25) is 6.20 Å². The molecule has 25 heavy (non-hydrogen) atoms. The highest BCUT2D eigenvalue weighted by atomic mass is 16.6. The van der Waals surface area contributed by atoms with E-state index in [2.05, 4.69) is 5.32 Å². The summed E-state index contributed by atoms with van der Waals surface area (Å²) in [5, 5.41) is 23.9. The zero-order valence-corrected chi connectivity index (χ0v) is 14.3. The molecule has 0 aromatic heterocycles. The quantitative estimate of drug-likeness (QED) is 0.354. The molecule has 0 unspecified atom stereocenters. The van der Waals surface area contributed by atoms with Crippen molar-refractivity contribution in [3.63, 3.8) is 0 Å². The molecular formula is C18H22N2O5. The number of ketones is 1. The third-order valence-electron chi connectivity index (χ3n) is 4.65. The number of carbonyl (C=O) groups is 2. The molecule has 0 amide bonds. The number of rotatable bonds is 6. The number of hydrogen-bond donors (Lipinski definition) is 2. The molecule has 1 fully saturated rings. The summed E-state index contributed by atoms with van der Waals surface area (Å²) < 4.78 is 0. The Morgan fingerprint density at radius 3 is 2.40 bits per heavy atom. The molecule has 134 valence electrons. The summed E-state index contributed by atoms with van der Waals surface area (Å²) >= 11 is 0. The predicted octanol–water partition coefficient (Wildman–Crippen LogP) is 2.45. The van der Waals surface area contributed by atoms with Crippen LogP contribution in [0.2, 0.25) is 0 Å². The maximum Gasteiger partial charge on any atom is 0.317 e. The van der Waals surface area contributed by atoms with E-state index in [-0.39, 0.29) is 24.3 Å². The Morgan fingerprint density at radius 1 is 1.28 bits per heavy atom. The van der Waals surface area contributed by atoms with Crippen molar-refractivity contribution in [2.75, 3.05) is 13.1 Å². The van der Waals surface area contributed by atoms with Gasteiger partial charge >= 0.3 is 5.97 Å². The Bertz CT molecular complexity index is 718. The molecule has 0 atom stereocenters. The summed E-state index contributed by atoms with van der Waals surface area (Å²) in [5.74, 6) is -1.88. The standard InChI is InChI=1S/C18H22N2O5/c1-12(2)13-5-3-4-6-14(13)15(11-20(24)25)16(21)18(17(22)23)7-9-19-10-8-18/h3-6,11-12,19H,7-10H2,1-2H3,(H,22,23)/b15-11+. The maximum atomic E-state index is 13.2. The lowest BCUT2D eigenvalue weighted by atomic mass is 9.71. The first-order valence-corrected chi connectivity index (χ1v) is 8.23. The first-order valence-electron chi connectivity index (χ1n) is 8.23. The number of aliphatic carboxylic acids is 1. The van der Waals surface area contributed by atoms with E-state index in [0.717, 1.165) is 5.56 Å². The van der Waals surface area contributed by atoms with E-state index in [1.54, 1.807) is 24.3 Å². The topological polar surface area (TPSA) is 110 Å². The highest BCUT2D eigenvalue weighted by Gasteiger charge is 2.48. The fourth-order valence-electron chi connectivity index (χ4n) is 3.25. The molecule has 1 aliphatic heterocycles. The summed E-state index contributed by atoms with van der Waals surface area (Å²) in [6.45, 7) is 4.61. The van der Waals surface area contributed by atoms with Gasteiger partial charge in [0.15, 0.2) is 5.78 Å². The second-order valence-electron chi connectivity index (χ2n) is 6.54. The minimum absolute atomic E-state index is 0.0351. The average molecular weight is 346 g/mol. The second kappa shape index (κ2) is 7.57. The number of allylic oxidation sites excluding steroid dienone is 1. The second-order valence-corrected chi connectivity index (χ2v) is 6.54. The van der Waals surface area contributed by atoms with Crippen molar-refractivity contribution in [3.05, 3.63) is 51.7 Å². The molecule has 7 nitrogen and oxygen atoms in total. The number of carboxylic acids is 1. The zero-order chi connectivity index (χ0) is 18.6. The van der Waals surface area contributed by atoms with E-state index in [4.69, 9.17) is 0 Å². The lowest BCUT2D eigenvalue weighted by Crippen LogP contribution is -2.48. The molecule has 0 aliphatic carbocycles. The SMILES string of the molecule is CC(C)c1ccccc1/C(=C\[N+](=O)[O-])C(=O)C1(C(=O)O)CCNCC1. The van der Waals surface area contributed by atoms with E-state index in [1.165, 1.54) is 0 Å². The van der Waals surface area contributed by atoms with Gasteiger partial charge in [-0.25, -0.2) is 0 Å².